The van der Waals surface area contributed by atoms with Crippen LogP contribution in [0.25, 0.3) is 0 Å². The highest BCUT2D eigenvalue weighted by Crippen LogP contribution is 2.13. The Morgan fingerprint density at radius 2 is 1.89 bits per heavy atom. The van der Waals surface area contributed by atoms with Crippen LogP contribution in [0.2, 0.25) is 0 Å². The molecule has 3 amide bonds. The van der Waals surface area contributed by atoms with Gasteiger partial charge < -0.3 is 10.1 Å². The SMILES string of the molecule is C=CCNS(=O)(=O)c1cccc(C(=O)O[C@H](C)C(=O)NC(=O)NC(C)(C)C)c1. The van der Waals surface area contributed by atoms with Crippen LogP contribution in [0.5, 0.6) is 0 Å². The molecule has 0 spiro atoms. The Bertz CT molecular complexity index is 858. The van der Waals surface area contributed by atoms with Crippen LogP contribution in [0.1, 0.15) is 38.1 Å². The van der Waals surface area contributed by atoms with Crippen LogP contribution in [0.3, 0.4) is 0 Å². The number of hydrogen-bond donors (Lipinski definition) is 3. The zero-order valence-electron chi connectivity index (χ0n) is 16.2. The molecule has 0 aromatic heterocycles. The van der Waals surface area contributed by atoms with Gasteiger partial charge in [-0.1, -0.05) is 12.1 Å². The summed E-state index contributed by atoms with van der Waals surface area (Å²) in [5.74, 6) is -1.72. The van der Waals surface area contributed by atoms with Gasteiger partial charge in [0.25, 0.3) is 5.91 Å². The average molecular weight is 411 g/mol. The minimum Gasteiger partial charge on any atom is -0.449 e. The van der Waals surface area contributed by atoms with Gasteiger partial charge in [-0.05, 0) is 45.9 Å². The maximum absolute atomic E-state index is 12.2. The van der Waals surface area contributed by atoms with E-state index in [0.717, 1.165) is 6.07 Å². The first-order chi connectivity index (χ1) is 12.9. The third-order valence-corrected chi connectivity index (χ3v) is 4.60. The summed E-state index contributed by atoms with van der Waals surface area (Å²) in [6.45, 7) is 9.98. The summed E-state index contributed by atoms with van der Waals surface area (Å²) >= 11 is 0. The number of amides is 3. The standard InChI is InChI=1S/C18H25N3O6S/c1-6-10-19-28(25,26)14-9-7-8-13(11-14)16(23)27-12(2)15(22)20-17(24)21-18(3,4)5/h6-9,11-12,19H,1,10H2,2-5H3,(H2,20,21,22,24)/t12-/m1/s1. The van der Waals surface area contributed by atoms with E-state index in [0.29, 0.717) is 0 Å². The van der Waals surface area contributed by atoms with Gasteiger partial charge in [0.15, 0.2) is 6.10 Å². The number of benzene rings is 1. The number of sulfonamides is 1. The van der Waals surface area contributed by atoms with Gasteiger partial charge in [-0.2, -0.15) is 0 Å². The molecule has 28 heavy (non-hydrogen) atoms. The first-order valence-corrected chi connectivity index (χ1v) is 9.88. The molecule has 0 heterocycles. The number of hydrogen-bond acceptors (Lipinski definition) is 6. The molecule has 9 nitrogen and oxygen atoms in total. The van der Waals surface area contributed by atoms with Crippen molar-refractivity contribution in [2.45, 2.75) is 44.2 Å². The van der Waals surface area contributed by atoms with Crippen molar-refractivity contribution in [1.29, 1.82) is 0 Å². The number of esters is 1. The lowest BCUT2D eigenvalue weighted by atomic mass is 10.1. The molecule has 1 rings (SSSR count). The number of imide groups is 1. The van der Waals surface area contributed by atoms with Gasteiger partial charge in [0, 0.05) is 12.1 Å². The van der Waals surface area contributed by atoms with E-state index in [2.05, 4.69) is 21.9 Å². The van der Waals surface area contributed by atoms with Crippen LogP contribution in [0, 0.1) is 0 Å². The lowest BCUT2D eigenvalue weighted by Gasteiger charge is -2.21. The van der Waals surface area contributed by atoms with E-state index in [1.807, 2.05) is 0 Å². The third-order valence-electron chi connectivity index (χ3n) is 3.18. The van der Waals surface area contributed by atoms with Gasteiger partial charge in [0.1, 0.15) is 0 Å². The number of carbonyl (C=O) groups excluding carboxylic acids is 3. The third kappa shape index (κ3) is 7.49. The summed E-state index contributed by atoms with van der Waals surface area (Å²) in [4.78, 5) is 35.8. The zero-order chi connectivity index (χ0) is 21.5. The Labute approximate surface area is 164 Å². The van der Waals surface area contributed by atoms with Gasteiger partial charge in [0.2, 0.25) is 10.0 Å². The summed E-state index contributed by atoms with van der Waals surface area (Å²) < 4.78 is 31.5. The lowest BCUT2D eigenvalue weighted by Crippen LogP contribution is -2.50. The molecule has 0 saturated carbocycles. The second-order valence-corrected chi connectivity index (χ2v) is 8.68. The van der Waals surface area contributed by atoms with E-state index in [1.54, 1.807) is 20.8 Å². The Kier molecular flexibility index (Phi) is 7.89. The van der Waals surface area contributed by atoms with Crippen LogP contribution in [-0.2, 0) is 19.6 Å². The first-order valence-electron chi connectivity index (χ1n) is 8.40. The largest absolute Gasteiger partial charge is 0.449 e. The van der Waals surface area contributed by atoms with Crippen molar-refractivity contribution in [2.75, 3.05) is 6.54 Å². The number of urea groups is 1. The molecule has 0 bridgehead atoms. The molecule has 0 saturated heterocycles. The highest BCUT2D eigenvalue weighted by atomic mass is 32.2. The minimum atomic E-state index is -3.82. The molecule has 1 aromatic carbocycles. The molecule has 0 aliphatic heterocycles. The molecular formula is C18H25N3O6S. The fraction of sp³-hybridized carbons (Fsp3) is 0.389. The predicted octanol–water partition coefficient (Wildman–Crippen LogP) is 1.32. The van der Waals surface area contributed by atoms with Crippen molar-refractivity contribution in [3.63, 3.8) is 0 Å². The quantitative estimate of drug-likeness (QED) is 0.458. The second kappa shape index (κ2) is 9.47. The molecule has 154 valence electrons. The first kappa shape index (κ1) is 23.3. The number of rotatable bonds is 7. The number of nitrogens with one attached hydrogen (secondary N) is 3. The van der Waals surface area contributed by atoms with Crippen LogP contribution in [0.4, 0.5) is 4.79 Å². The van der Waals surface area contributed by atoms with Crippen molar-refractivity contribution in [2.24, 2.45) is 0 Å². The topological polar surface area (TPSA) is 131 Å². The van der Waals surface area contributed by atoms with E-state index in [9.17, 15) is 22.8 Å². The van der Waals surface area contributed by atoms with Gasteiger partial charge in [-0.15, -0.1) is 6.58 Å². The Morgan fingerprint density at radius 1 is 1.25 bits per heavy atom. The van der Waals surface area contributed by atoms with Crippen molar-refractivity contribution >= 4 is 27.9 Å². The van der Waals surface area contributed by atoms with Gasteiger partial charge >= 0.3 is 12.0 Å². The van der Waals surface area contributed by atoms with E-state index in [1.165, 1.54) is 31.2 Å². The molecule has 0 radical (unpaired) electrons. The highest BCUT2D eigenvalue weighted by Gasteiger charge is 2.23. The number of ether oxygens (including phenoxy) is 1. The van der Waals surface area contributed by atoms with E-state index >= 15 is 0 Å². The smallest absolute Gasteiger partial charge is 0.338 e. The normalized spacial score (nSPS) is 12.6. The van der Waals surface area contributed by atoms with Gasteiger partial charge in [0.05, 0.1) is 10.5 Å². The lowest BCUT2D eigenvalue weighted by molar-refractivity contribution is -0.127. The van der Waals surface area contributed by atoms with Gasteiger partial charge in [-0.3, -0.25) is 10.1 Å². The molecule has 0 fully saturated rings. The summed E-state index contributed by atoms with van der Waals surface area (Å²) in [5.41, 5.74) is -0.601. The predicted molar refractivity (Wildman–Crippen MR) is 103 cm³/mol. The maximum Gasteiger partial charge on any atom is 0.338 e. The summed E-state index contributed by atoms with van der Waals surface area (Å²) in [5, 5.41) is 4.61. The summed E-state index contributed by atoms with van der Waals surface area (Å²) in [6, 6.07) is 4.45. The Morgan fingerprint density at radius 3 is 2.46 bits per heavy atom. The second-order valence-electron chi connectivity index (χ2n) is 6.91. The minimum absolute atomic E-state index is 0.0326. The van der Waals surface area contributed by atoms with E-state index < -0.39 is 39.6 Å². The molecule has 0 unspecified atom stereocenters. The fourth-order valence-corrected chi connectivity index (χ4v) is 2.95. The highest BCUT2D eigenvalue weighted by molar-refractivity contribution is 7.89. The van der Waals surface area contributed by atoms with Crippen molar-refractivity contribution < 1.29 is 27.5 Å². The number of carbonyl (C=O) groups is 3. The molecule has 1 aromatic rings. The van der Waals surface area contributed by atoms with E-state index in [4.69, 9.17) is 4.74 Å². The molecular weight excluding hydrogens is 386 g/mol. The molecule has 0 aliphatic rings. The molecule has 10 heteroatoms. The average Bonchev–Trinajstić information content (AvgIpc) is 2.58. The van der Waals surface area contributed by atoms with Crippen molar-refractivity contribution in [3.8, 4) is 0 Å². The fourth-order valence-electron chi connectivity index (χ4n) is 1.91. The summed E-state index contributed by atoms with van der Waals surface area (Å²) in [6.07, 6.45) is 0.114. The zero-order valence-corrected chi connectivity index (χ0v) is 17.1. The molecule has 0 aliphatic carbocycles. The van der Waals surface area contributed by atoms with Crippen LogP contribution >= 0.6 is 0 Å². The van der Waals surface area contributed by atoms with Crippen molar-refractivity contribution in [3.05, 3.63) is 42.5 Å². The molecule has 1 atom stereocenters. The van der Waals surface area contributed by atoms with Gasteiger partial charge in [-0.25, -0.2) is 22.7 Å². The van der Waals surface area contributed by atoms with E-state index in [-0.39, 0.29) is 17.0 Å². The van der Waals surface area contributed by atoms with Crippen LogP contribution in [-0.4, -0.2) is 44.5 Å². The Hall–Kier alpha value is -2.72. The maximum atomic E-state index is 12.2. The summed E-state index contributed by atoms with van der Waals surface area (Å²) in [7, 11) is -3.82. The Balaban J connectivity index is 2.79. The molecule has 3 N–H and O–H groups in total. The monoisotopic (exact) mass is 411 g/mol. The van der Waals surface area contributed by atoms with Crippen LogP contribution < -0.4 is 15.4 Å². The van der Waals surface area contributed by atoms with Crippen molar-refractivity contribution in [1.82, 2.24) is 15.4 Å². The van der Waals surface area contributed by atoms with Crippen LogP contribution in [0.15, 0.2) is 41.8 Å².